The quantitative estimate of drug-likeness (QED) is 0.935. The van der Waals surface area contributed by atoms with Crippen molar-refractivity contribution in [3.8, 4) is 0 Å². The van der Waals surface area contributed by atoms with Gasteiger partial charge in [-0.05, 0) is 31.8 Å². The molecule has 4 nitrogen and oxygen atoms in total. The van der Waals surface area contributed by atoms with Crippen molar-refractivity contribution in [3.63, 3.8) is 0 Å². The van der Waals surface area contributed by atoms with Crippen molar-refractivity contribution < 1.29 is 5.11 Å². The minimum Gasteiger partial charge on any atom is -0.392 e. The van der Waals surface area contributed by atoms with E-state index >= 15 is 0 Å². The summed E-state index contributed by atoms with van der Waals surface area (Å²) < 4.78 is 0. The maximum absolute atomic E-state index is 9.47. The molecule has 2 heterocycles. The standard InChI is InChI=1S/C17H23N3O/c1-19-9-5-6-14(19)11-20(2)17-16-8-4-3-7-15(16)13(12-21)10-18-17/h3-4,7-8,10,14,21H,5-6,9,11-12H2,1-2H3. The highest BCUT2D eigenvalue weighted by molar-refractivity contribution is 5.94. The Morgan fingerprint density at radius 2 is 2.10 bits per heavy atom. The summed E-state index contributed by atoms with van der Waals surface area (Å²) >= 11 is 0. The van der Waals surface area contributed by atoms with E-state index in [0.717, 1.165) is 28.7 Å². The van der Waals surface area contributed by atoms with Crippen molar-refractivity contribution in [2.45, 2.75) is 25.5 Å². The fourth-order valence-corrected chi connectivity index (χ4v) is 3.28. The molecular weight excluding hydrogens is 262 g/mol. The Morgan fingerprint density at radius 1 is 1.33 bits per heavy atom. The van der Waals surface area contributed by atoms with E-state index in [-0.39, 0.29) is 6.61 Å². The monoisotopic (exact) mass is 285 g/mol. The first kappa shape index (κ1) is 14.3. The molecule has 0 bridgehead atoms. The third-order valence-electron chi connectivity index (χ3n) is 4.54. The molecular formula is C17H23N3O. The number of rotatable bonds is 4. The Labute approximate surface area is 126 Å². The van der Waals surface area contributed by atoms with Gasteiger partial charge in [-0.2, -0.15) is 0 Å². The second-order valence-corrected chi connectivity index (χ2v) is 5.97. The Morgan fingerprint density at radius 3 is 2.76 bits per heavy atom. The first-order valence-electron chi connectivity index (χ1n) is 7.59. The van der Waals surface area contributed by atoms with Crippen LogP contribution in [0.4, 0.5) is 5.82 Å². The van der Waals surface area contributed by atoms with Crippen LogP contribution in [-0.2, 0) is 6.61 Å². The first-order valence-corrected chi connectivity index (χ1v) is 7.59. The van der Waals surface area contributed by atoms with Crippen molar-refractivity contribution in [1.29, 1.82) is 0 Å². The molecule has 0 saturated carbocycles. The van der Waals surface area contributed by atoms with Crippen molar-refractivity contribution >= 4 is 16.6 Å². The summed E-state index contributed by atoms with van der Waals surface area (Å²) in [4.78, 5) is 9.27. The lowest BCUT2D eigenvalue weighted by Crippen LogP contribution is -2.37. The number of pyridine rings is 1. The van der Waals surface area contributed by atoms with E-state index in [4.69, 9.17) is 0 Å². The van der Waals surface area contributed by atoms with Crippen LogP contribution in [0.5, 0.6) is 0 Å². The molecule has 1 unspecified atom stereocenters. The van der Waals surface area contributed by atoms with E-state index in [1.54, 1.807) is 6.20 Å². The van der Waals surface area contributed by atoms with Crippen LogP contribution < -0.4 is 4.90 Å². The smallest absolute Gasteiger partial charge is 0.136 e. The summed E-state index contributed by atoms with van der Waals surface area (Å²) in [5, 5.41) is 11.7. The molecule has 1 aliphatic rings. The average molecular weight is 285 g/mol. The lowest BCUT2D eigenvalue weighted by molar-refractivity contribution is 0.283. The van der Waals surface area contributed by atoms with Gasteiger partial charge in [0.05, 0.1) is 6.61 Å². The van der Waals surface area contributed by atoms with Crippen LogP contribution in [0.25, 0.3) is 10.8 Å². The van der Waals surface area contributed by atoms with Crippen molar-refractivity contribution in [3.05, 3.63) is 36.0 Å². The van der Waals surface area contributed by atoms with Crippen LogP contribution in [0, 0.1) is 0 Å². The van der Waals surface area contributed by atoms with Gasteiger partial charge < -0.3 is 14.9 Å². The zero-order valence-corrected chi connectivity index (χ0v) is 12.8. The maximum Gasteiger partial charge on any atom is 0.136 e. The van der Waals surface area contributed by atoms with Crippen LogP contribution in [0.2, 0.25) is 0 Å². The summed E-state index contributed by atoms with van der Waals surface area (Å²) in [6, 6.07) is 8.79. The summed E-state index contributed by atoms with van der Waals surface area (Å²) in [5.41, 5.74) is 0.890. The highest BCUT2D eigenvalue weighted by Gasteiger charge is 2.23. The minimum atomic E-state index is 0.0306. The van der Waals surface area contributed by atoms with Crippen LogP contribution in [-0.4, -0.2) is 48.2 Å². The number of hydrogen-bond acceptors (Lipinski definition) is 4. The van der Waals surface area contributed by atoms with Crippen molar-refractivity contribution in [2.24, 2.45) is 0 Å². The van der Waals surface area contributed by atoms with Gasteiger partial charge in [-0.25, -0.2) is 4.98 Å². The van der Waals surface area contributed by atoms with E-state index in [0.29, 0.717) is 6.04 Å². The van der Waals surface area contributed by atoms with Gasteiger partial charge in [0.1, 0.15) is 5.82 Å². The number of fused-ring (bicyclic) bond motifs is 1. The number of aliphatic hydroxyl groups excluding tert-OH is 1. The Bertz CT molecular complexity index is 628. The van der Waals surface area contributed by atoms with Crippen LogP contribution >= 0.6 is 0 Å². The summed E-state index contributed by atoms with van der Waals surface area (Å²) in [7, 11) is 4.31. The molecule has 0 amide bonds. The number of likely N-dealkylation sites (N-methyl/N-ethyl adjacent to an activating group) is 2. The fourth-order valence-electron chi connectivity index (χ4n) is 3.28. The van der Waals surface area contributed by atoms with E-state index in [1.165, 1.54) is 19.4 Å². The van der Waals surface area contributed by atoms with Gasteiger partial charge >= 0.3 is 0 Å². The molecule has 2 aromatic rings. The second kappa shape index (κ2) is 6.00. The van der Waals surface area contributed by atoms with Gasteiger partial charge in [-0.1, -0.05) is 24.3 Å². The number of hydrogen-bond donors (Lipinski definition) is 1. The highest BCUT2D eigenvalue weighted by atomic mass is 16.3. The summed E-state index contributed by atoms with van der Waals surface area (Å²) in [6.07, 6.45) is 4.34. The number of aromatic nitrogens is 1. The van der Waals surface area contributed by atoms with Gasteiger partial charge in [0, 0.05) is 36.8 Å². The van der Waals surface area contributed by atoms with Gasteiger partial charge in [0.25, 0.3) is 0 Å². The van der Waals surface area contributed by atoms with Gasteiger partial charge in [-0.15, -0.1) is 0 Å². The van der Waals surface area contributed by atoms with Gasteiger partial charge in [0.15, 0.2) is 0 Å². The van der Waals surface area contributed by atoms with Crippen LogP contribution in [0.15, 0.2) is 30.5 Å². The molecule has 0 spiro atoms. The molecule has 3 rings (SSSR count). The predicted octanol–water partition coefficient (Wildman–Crippen LogP) is 2.26. The predicted molar refractivity (Wildman–Crippen MR) is 86.6 cm³/mol. The molecule has 0 radical (unpaired) electrons. The zero-order chi connectivity index (χ0) is 14.8. The van der Waals surface area contributed by atoms with Crippen LogP contribution in [0.1, 0.15) is 18.4 Å². The molecule has 1 fully saturated rings. The number of nitrogens with zero attached hydrogens (tertiary/aromatic N) is 3. The summed E-state index contributed by atoms with van der Waals surface area (Å²) in [6.45, 7) is 2.21. The maximum atomic E-state index is 9.47. The zero-order valence-electron chi connectivity index (χ0n) is 12.8. The third kappa shape index (κ3) is 2.74. The number of benzene rings is 1. The Hall–Kier alpha value is -1.65. The number of aliphatic hydroxyl groups is 1. The van der Waals surface area contributed by atoms with Crippen molar-refractivity contribution in [1.82, 2.24) is 9.88 Å². The molecule has 1 atom stereocenters. The number of likely N-dealkylation sites (tertiary alicyclic amines) is 1. The summed E-state index contributed by atoms with van der Waals surface area (Å²) in [5.74, 6) is 1.00. The number of anilines is 1. The molecule has 0 aliphatic carbocycles. The first-order chi connectivity index (χ1) is 10.2. The Balaban J connectivity index is 1.92. The molecule has 1 aromatic heterocycles. The average Bonchev–Trinajstić information content (AvgIpc) is 2.91. The lowest BCUT2D eigenvalue weighted by Gasteiger charge is -2.27. The minimum absolute atomic E-state index is 0.0306. The molecule has 4 heteroatoms. The molecule has 112 valence electrons. The largest absolute Gasteiger partial charge is 0.392 e. The third-order valence-corrected chi connectivity index (χ3v) is 4.54. The highest BCUT2D eigenvalue weighted by Crippen LogP contribution is 2.27. The normalized spacial score (nSPS) is 19.3. The van der Waals surface area contributed by atoms with E-state index in [1.807, 2.05) is 12.1 Å². The van der Waals surface area contributed by atoms with Crippen LogP contribution in [0.3, 0.4) is 0 Å². The van der Waals surface area contributed by atoms with Gasteiger partial charge in [0.2, 0.25) is 0 Å². The molecule has 1 aliphatic heterocycles. The Kier molecular flexibility index (Phi) is 4.08. The molecule has 1 saturated heterocycles. The molecule has 21 heavy (non-hydrogen) atoms. The van der Waals surface area contributed by atoms with Crippen molar-refractivity contribution in [2.75, 3.05) is 32.1 Å². The van der Waals surface area contributed by atoms with Gasteiger partial charge in [-0.3, -0.25) is 0 Å². The van der Waals surface area contributed by atoms with E-state index in [9.17, 15) is 5.11 Å². The topological polar surface area (TPSA) is 39.6 Å². The van der Waals surface area contributed by atoms with E-state index in [2.05, 4.69) is 41.0 Å². The molecule has 1 aromatic carbocycles. The fraction of sp³-hybridized carbons (Fsp3) is 0.471. The second-order valence-electron chi connectivity index (χ2n) is 5.97. The lowest BCUT2D eigenvalue weighted by atomic mass is 10.1. The van der Waals surface area contributed by atoms with E-state index < -0.39 is 0 Å². The molecule has 1 N–H and O–H groups in total. The SMILES string of the molecule is CN(CC1CCCN1C)c1ncc(CO)c2ccccc12.